The van der Waals surface area contributed by atoms with Crippen LogP contribution in [0.5, 0.6) is 0 Å². The molecule has 1 aromatic heterocycles. The van der Waals surface area contributed by atoms with Gasteiger partial charge in [-0.1, -0.05) is 24.4 Å². The molecule has 4 nitrogen and oxygen atoms in total. The highest BCUT2D eigenvalue weighted by Crippen LogP contribution is 2.23. The van der Waals surface area contributed by atoms with Crippen molar-refractivity contribution in [2.75, 3.05) is 11.1 Å². The summed E-state index contributed by atoms with van der Waals surface area (Å²) in [7, 11) is 0. The molecule has 88 valence electrons. The van der Waals surface area contributed by atoms with Gasteiger partial charge in [-0.15, -0.1) is 0 Å². The van der Waals surface area contributed by atoms with Crippen LogP contribution in [-0.2, 0) is 0 Å². The van der Waals surface area contributed by atoms with Crippen molar-refractivity contribution in [3.05, 3.63) is 17.3 Å². The molecule has 0 aliphatic heterocycles. The van der Waals surface area contributed by atoms with Crippen LogP contribution in [-0.4, -0.2) is 22.2 Å². The first-order valence-electron chi connectivity index (χ1n) is 5.53. The molecule has 1 heterocycles. The number of anilines is 2. The summed E-state index contributed by atoms with van der Waals surface area (Å²) < 4.78 is 0. The average Bonchev–Trinajstić information content (AvgIpc) is 2.20. The van der Waals surface area contributed by atoms with Crippen LogP contribution in [0.15, 0.2) is 12.1 Å². The topological polar surface area (TPSA) is 71.2 Å². The van der Waals surface area contributed by atoms with E-state index in [4.69, 9.17) is 17.3 Å². The molecule has 1 aromatic rings. The molecule has 0 saturated heterocycles. The maximum atomic E-state index is 9.81. The Morgan fingerprint density at radius 3 is 2.81 bits per heavy atom. The lowest BCUT2D eigenvalue weighted by atomic mass is 9.92. The van der Waals surface area contributed by atoms with Crippen LogP contribution in [0.25, 0.3) is 0 Å². The molecule has 0 aromatic carbocycles. The van der Waals surface area contributed by atoms with Crippen LogP contribution in [0.1, 0.15) is 25.7 Å². The first-order valence-corrected chi connectivity index (χ1v) is 5.90. The maximum absolute atomic E-state index is 9.81. The van der Waals surface area contributed by atoms with Gasteiger partial charge in [0.2, 0.25) is 0 Å². The average molecular weight is 242 g/mol. The van der Waals surface area contributed by atoms with Crippen molar-refractivity contribution in [2.45, 2.75) is 37.8 Å². The number of nitrogens with one attached hydrogen (secondary N) is 1. The van der Waals surface area contributed by atoms with Gasteiger partial charge in [0.15, 0.2) is 0 Å². The van der Waals surface area contributed by atoms with Crippen LogP contribution in [0.4, 0.5) is 11.5 Å². The summed E-state index contributed by atoms with van der Waals surface area (Å²) in [5.74, 6) is 0.635. The Bertz CT molecular complexity index is 352. The zero-order valence-corrected chi connectivity index (χ0v) is 9.74. The van der Waals surface area contributed by atoms with Crippen LogP contribution in [0.2, 0.25) is 5.15 Å². The third-order valence-corrected chi connectivity index (χ3v) is 3.07. The summed E-state index contributed by atoms with van der Waals surface area (Å²) in [6, 6.07) is 3.39. The fraction of sp³-hybridized carbons (Fsp3) is 0.545. The van der Waals surface area contributed by atoms with E-state index in [2.05, 4.69) is 10.3 Å². The van der Waals surface area contributed by atoms with Crippen molar-refractivity contribution in [1.82, 2.24) is 4.98 Å². The lowest BCUT2D eigenvalue weighted by molar-refractivity contribution is 0.116. The molecule has 1 fully saturated rings. The second-order valence-corrected chi connectivity index (χ2v) is 4.60. The number of hydrogen-bond donors (Lipinski definition) is 3. The van der Waals surface area contributed by atoms with Crippen molar-refractivity contribution < 1.29 is 5.11 Å². The van der Waals surface area contributed by atoms with Gasteiger partial charge in [0, 0.05) is 11.8 Å². The SMILES string of the molecule is Nc1cc(Cl)nc(NC2CCCCC2O)c1. The first kappa shape index (κ1) is 11.5. The Kier molecular flexibility index (Phi) is 3.51. The highest BCUT2D eigenvalue weighted by atomic mass is 35.5. The minimum atomic E-state index is -0.309. The van der Waals surface area contributed by atoms with Gasteiger partial charge in [-0.3, -0.25) is 0 Å². The van der Waals surface area contributed by atoms with E-state index in [0.717, 1.165) is 25.7 Å². The van der Waals surface area contributed by atoms with E-state index in [1.54, 1.807) is 12.1 Å². The van der Waals surface area contributed by atoms with Crippen molar-refractivity contribution >= 4 is 23.1 Å². The molecule has 4 N–H and O–H groups in total. The summed E-state index contributed by atoms with van der Waals surface area (Å²) in [5.41, 5.74) is 6.25. The summed E-state index contributed by atoms with van der Waals surface area (Å²) in [4.78, 5) is 4.13. The van der Waals surface area contributed by atoms with Gasteiger partial charge in [-0.25, -0.2) is 4.98 Å². The van der Waals surface area contributed by atoms with Crippen molar-refractivity contribution in [2.24, 2.45) is 0 Å². The molecule has 2 rings (SSSR count). The minimum absolute atomic E-state index is 0.0547. The van der Waals surface area contributed by atoms with E-state index in [0.29, 0.717) is 16.7 Å². The fourth-order valence-electron chi connectivity index (χ4n) is 2.06. The third-order valence-electron chi connectivity index (χ3n) is 2.88. The van der Waals surface area contributed by atoms with E-state index in [1.165, 1.54) is 0 Å². The highest BCUT2D eigenvalue weighted by Gasteiger charge is 2.23. The fourth-order valence-corrected chi connectivity index (χ4v) is 2.28. The normalized spacial score (nSPS) is 25.4. The van der Waals surface area contributed by atoms with Gasteiger partial charge in [0.1, 0.15) is 11.0 Å². The molecule has 0 amide bonds. The predicted octanol–water partition coefficient (Wildman–Crippen LogP) is 2.03. The molecule has 0 bridgehead atoms. The summed E-state index contributed by atoms with van der Waals surface area (Å²) in [6.07, 6.45) is 3.70. The number of rotatable bonds is 2. The lowest BCUT2D eigenvalue weighted by Gasteiger charge is -2.28. The molecule has 2 atom stereocenters. The smallest absolute Gasteiger partial charge is 0.133 e. The van der Waals surface area contributed by atoms with Gasteiger partial charge in [-0.2, -0.15) is 0 Å². The summed E-state index contributed by atoms with van der Waals surface area (Å²) in [6.45, 7) is 0. The Hall–Kier alpha value is -1.00. The van der Waals surface area contributed by atoms with E-state index in [-0.39, 0.29) is 12.1 Å². The first-order chi connectivity index (χ1) is 7.65. The van der Waals surface area contributed by atoms with Gasteiger partial charge < -0.3 is 16.2 Å². The molecule has 5 heteroatoms. The van der Waals surface area contributed by atoms with Crippen LogP contribution in [0.3, 0.4) is 0 Å². The number of nitrogens with zero attached hydrogens (tertiary/aromatic N) is 1. The molecule has 2 unspecified atom stereocenters. The number of aromatic nitrogens is 1. The second kappa shape index (κ2) is 4.89. The van der Waals surface area contributed by atoms with Crippen molar-refractivity contribution in [3.8, 4) is 0 Å². The van der Waals surface area contributed by atoms with Crippen LogP contribution < -0.4 is 11.1 Å². The number of halogens is 1. The molecule has 1 aliphatic carbocycles. The van der Waals surface area contributed by atoms with Crippen molar-refractivity contribution in [3.63, 3.8) is 0 Å². The van der Waals surface area contributed by atoms with Gasteiger partial charge in [0.05, 0.1) is 12.1 Å². The Labute approximate surface area is 99.8 Å². The van der Waals surface area contributed by atoms with Gasteiger partial charge in [0.25, 0.3) is 0 Å². The van der Waals surface area contributed by atoms with Crippen molar-refractivity contribution in [1.29, 1.82) is 0 Å². The lowest BCUT2D eigenvalue weighted by Crippen LogP contribution is -2.36. The molecular weight excluding hydrogens is 226 g/mol. The van der Waals surface area contributed by atoms with E-state index < -0.39 is 0 Å². The number of hydrogen-bond acceptors (Lipinski definition) is 4. The Morgan fingerprint density at radius 2 is 2.12 bits per heavy atom. The highest BCUT2D eigenvalue weighted by molar-refractivity contribution is 6.29. The van der Waals surface area contributed by atoms with Crippen LogP contribution >= 0.6 is 11.6 Å². The molecule has 0 spiro atoms. The molecule has 16 heavy (non-hydrogen) atoms. The minimum Gasteiger partial charge on any atom is -0.399 e. The summed E-state index contributed by atoms with van der Waals surface area (Å²) in [5, 5.41) is 13.4. The van der Waals surface area contributed by atoms with Gasteiger partial charge >= 0.3 is 0 Å². The zero-order valence-electron chi connectivity index (χ0n) is 8.99. The third kappa shape index (κ3) is 2.77. The largest absolute Gasteiger partial charge is 0.399 e. The number of nitrogen functional groups attached to an aromatic ring is 1. The Morgan fingerprint density at radius 1 is 1.38 bits per heavy atom. The number of aliphatic hydroxyl groups is 1. The number of nitrogens with two attached hydrogens (primary N) is 1. The molecule has 1 saturated carbocycles. The Balaban J connectivity index is 2.07. The van der Waals surface area contributed by atoms with E-state index in [9.17, 15) is 5.11 Å². The molecular formula is C11H16ClN3O. The monoisotopic (exact) mass is 241 g/mol. The molecule has 1 aliphatic rings. The predicted molar refractivity (Wildman–Crippen MR) is 65.5 cm³/mol. The zero-order chi connectivity index (χ0) is 11.5. The summed E-state index contributed by atoms with van der Waals surface area (Å²) >= 11 is 5.81. The van der Waals surface area contributed by atoms with Crippen LogP contribution in [0, 0.1) is 0 Å². The van der Waals surface area contributed by atoms with E-state index >= 15 is 0 Å². The quantitative estimate of drug-likeness (QED) is 0.693. The number of pyridine rings is 1. The standard InChI is InChI=1S/C11H16ClN3O/c12-10-5-7(13)6-11(15-10)14-8-3-1-2-4-9(8)16/h5-6,8-9,16H,1-4H2,(H3,13,14,15). The second-order valence-electron chi connectivity index (χ2n) is 4.21. The maximum Gasteiger partial charge on any atom is 0.133 e. The molecule has 0 radical (unpaired) electrons. The van der Waals surface area contributed by atoms with E-state index in [1.807, 2.05) is 0 Å². The number of aliphatic hydroxyl groups excluding tert-OH is 1. The van der Waals surface area contributed by atoms with Gasteiger partial charge in [-0.05, 0) is 18.9 Å².